The van der Waals surface area contributed by atoms with Gasteiger partial charge in [0, 0.05) is 25.2 Å². The number of nitrogens with zero attached hydrogens (tertiary/aromatic N) is 4. The molecule has 1 aliphatic rings. The number of hydrogen-bond donors (Lipinski definition) is 1. The Hall–Kier alpha value is -2.76. The number of rotatable bonds is 6. The lowest BCUT2D eigenvalue weighted by atomic mass is 10.0. The Morgan fingerprint density at radius 1 is 1.12 bits per heavy atom. The van der Waals surface area contributed by atoms with E-state index in [1.165, 1.54) is 18.3 Å². The van der Waals surface area contributed by atoms with E-state index in [-0.39, 0.29) is 47.8 Å². The molecule has 1 N–H and O–H groups in total. The van der Waals surface area contributed by atoms with Crippen LogP contribution in [-0.4, -0.2) is 66.3 Å². The van der Waals surface area contributed by atoms with E-state index < -0.39 is 40.5 Å². The molecule has 0 amide bonds. The van der Waals surface area contributed by atoms with Crippen molar-refractivity contribution < 1.29 is 26.7 Å². The highest BCUT2D eigenvalue weighted by atomic mass is 32.2. The maximum absolute atomic E-state index is 15.2. The predicted molar refractivity (Wildman–Crippen MR) is 112 cm³/mol. The smallest absolute Gasteiger partial charge is 0.243 e. The number of hydrogen-bond acceptors (Lipinski definition) is 6. The van der Waals surface area contributed by atoms with Crippen LogP contribution in [0.1, 0.15) is 6.42 Å². The van der Waals surface area contributed by atoms with Gasteiger partial charge in [0.05, 0.1) is 41.3 Å². The van der Waals surface area contributed by atoms with Crippen molar-refractivity contribution in [3.63, 3.8) is 0 Å². The minimum absolute atomic E-state index is 0.0257. The van der Waals surface area contributed by atoms with Crippen molar-refractivity contribution in [1.29, 1.82) is 0 Å². The highest BCUT2D eigenvalue weighted by Crippen LogP contribution is 2.28. The number of alkyl halides is 1. The summed E-state index contributed by atoms with van der Waals surface area (Å²) in [6.45, 7) is -0.581. The second kappa shape index (κ2) is 9.00. The van der Waals surface area contributed by atoms with Crippen LogP contribution in [0.2, 0.25) is 0 Å². The summed E-state index contributed by atoms with van der Waals surface area (Å²) in [6, 6.07) is 8.58. The lowest BCUT2D eigenvalue weighted by Gasteiger charge is -2.40. The van der Waals surface area contributed by atoms with Crippen LogP contribution in [0, 0.1) is 11.6 Å². The lowest BCUT2D eigenvalue weighted by Crippen LogP contribution is -2.55. The number of aliphatic hydroxyl groups excluding tert-OH is 1. The molecule has 0 saturated carbocycles. The van der Waals surface area contributed by atoms with E-state index in [2.05, 4.69) is 9.97 Å². The minimum atomic E-state index is -4.01. The van der Waals surface area contributed by atoms with Crippen LogP contribution >= 0.6 is 0 Å². The molecule has 2 heterocycles. The van der Waals surface area contributed by atoms with Crippen molar-refractivity contribution in [3.8, 4) is 0 Å². The average Bonchev–Trinajstić information content (AvgIpc) is 2.79. The Bertz CT molecular complexity index is 1210. The Morgan fingerprint density at radius 2 is 1.81 bits per heavy atom. The van der Waals surface area contributed by atoms with Crippen molar-refractivity contribution in [2.45, 2.75) is 23.5 Å². The van der Waals surface area contributed by atoms with Gasteiger partial charge in [0.2, 0.25) is 10.0 Å². The van der Waals surface area contributed by atoms with Crippen molar-refractivity contribution in [2.75, 3.05) is 31.1 Å². The fourth-order valence-electron chi connectivity index (χ4n) is 3.87. The number of anilines is 1. The Morgan fingerprint density at radius 3 is 2.47 bits per heavy atom. The first-order valence-electron chi connectivity index (χ1n) is 10.00. The van der Waals surface area contributed by atoms with Crippen LogP contribution < -0.4 is 4.90 Å². The number of aliphatic hydroxyl groups is 1. The highest BCUT2D eigenvalue weighted by Gasteiger charge is 2.40. The molecule has 0 aliphatic carbocycles. The molecule has 0 radical (unpaired) electrons. The van der Waals surface area contributed by atoms with Crippen LogP contribution in [0.15, 0.2) is 53.6 Å². The Balaban J connectivity index is 1.57. The molecular formula is C21H21F3N4O3S. The third kappa shape index (κ3) is 4.27. The highest BCUT2D eigenvalue weighted by molar-refractivity contribution is 7.89. The topological polar surface area (TPSA) is 86.6 Å². The zero-order chi connectivity index (χ0) is 22.9. The summed E-state index contributed by atoms with van der Waals surface area (Å²) in [5.74, 6) is -1.81. The molecule has 1 fully saturated rings. The molecule has 1 unspecified atom stereocenters. The van der Waals surface area contributed by atoms with Gasteiger partial charge in [0.25, 0.3) is 0 Å². The summed E-state index contributed by atoms with van der Waals surface area (Å²) < 4.78 is 69.3. The molecule has 1 aromatic heterocycles. The van der Waals surface area contributed by atoms with E-state index in [4.69, 9.17) is 0 Å². The van der Waals surface area contributed by atoms with Gasteiger partial charge in [-0.3, -0.25) is 4.98 Å². The van der Waals surface area contributed by atoms with Crippen molar-refractivity contribution >= 4 is 26.9 Å². The number of fused-ring (bicyclic) bond motifs is 1. The molecule has 0 spiro atoms. The zero-order valence-corrected chi connectivity index (χ0v) is 17.7. The molecule has 3 aromatic rings. The largest absolute Gasteiger partial charge is 0.395 e. The standard InChI is InChI=1S/C21H21F3N4O3S/c22-15-10-18-19(11-16(15)23)26-21(12-25-18)27-7-6-20(17(24)13-27)28(8-9-29)32(30,31)14-4-2-1-3-5-14/h1-5,10-12,17,20,29H,6-9,13H2/t17?,20-/m0/s1. The first-order valence-corrected chi connectivity index (χ1v) is 11.4. The maximum Gasteiger partial charge on any atom is 0.243 e. The second-order valence-electron chi connectivity index (χ2n) is 7.45. The Kier molecular flexibility index (Phi) is 6.31. The maximum atomic E-state index is 15.2. The Labute approximate surface area is 183 Å². The van der Waals surface area contributed by atoms with Crippen LogP contribution in [0.5, 0.6) is 0 Å². The van der Waals surface area contributed by atoms with Crippen molar-refractivity contribution in [1.82, 2.24) is 14.3 Å². The summed E-state index contributed by atoms with van der Waals surface area (Å²) in [6.07, 6.45) is -0.0832. The summed E-state index contributed by atoms with van der Waals surface area (Å²) in [5, 5.41) is 9.42. The summed E-state index contributed by atoms with van der Waals surface area (Å²) in [7, 11) is -4.01. The second-order valence-corrected chi connectivity index (χ2v) is 9.34. The third-order valence-corrected chi connectivity index (χ3v) is 7.38. The molecular weight excluding hydrogens is 445 g/mol. The molecule has 32 heavy (non-hydrogen) atoms. The molecule has 1 aliphatic heterocycles. The summed E-state index contributed by atoms with van der Waals surface area (Å²) in [4.78, 5) is 9.94. The van der Waals surface area contributed by atoms with Gasteiger partial charge in [-0.1, -0.05) is 18.2 Å². The third-order valence-electron chi connectivity index (χ3n) is 5.44. The number of piperidine rings is 1. The lowest BCUT2D eigenvalue weighted by molar-refractivity contribution is 0.137. The quantitative estimate of drug-likeness (QED) is 0.601. The summed E-state index contributed by atoms with van der Waals surface area (Å²) in [5.41, 5.74) is 0.301. The monoisotopic (exact) mass is 466 g/mol. The molecule has 1 saturated heterocycles. The van der Waals surface area contributed by atoms with Gasteiger partial charge in [0.15, 0.2) is 11.6 Å². The van der Waals surface area contributed by atoms with E-state index in [1.54, 1.807) is 23.1 Å². The normalized spacial score (nSPS) is 19.6. The SMILES string of the molecule is O=S(=O)(c1ccccc1)N(CCO)[C@H]1CCN(c2cnc3cc(F)c(F)cc3n2)CC1F. The fraction of sp³-hybridized carbons (Fsp3) is 0.333. The van der Waals surface area contributed by atoms with Crippen LogP contribution in [-0.2, 0) is 10.0 Å². The van der Waals surface area contributed by atoms with Gasteiger partial charge >= 0.3 is 0 Å². The van der Waals surface area contributed by atoms with Gasteiger partial charge < -0.3 is 10.0 Å². The molecule has 7 nitrogen and oxygen atoms in total. The van der Waals surface area contributed by atoms with E-state index in [9.17, 15) is 22.3 Å². The first-order chi connectivity index (χ1) is 15.3. The number of aromatic nitrogens is 2. The van der Waals surface area contributed by atoms with Crippen LogP contribution in [0.3, 0.4) is 0 Å². The molecule has 2 atom stereocenters. The van der Waals surface area contributed by atoms with E-state index in [0.29, 0.717) is 0 Å². The van der Waals surface area contributed by atoms with Crippen molar-refractivity contribution in [2.24, 2.45) is 0 Å². The van der Waals surface area contributed by atoms with Gasteiger partial charge in [-0.05, 0) is 18.6 Å². The predicted octanol–water partition coefficient (Wildman–Crippen LogP) is 2.51. The number of benzene rings is 2. The molecule has 2 aromatic carbocycles. The molecule has 170 valence electrons. The first kappa shape index (κ1) is 22.4. The minimum Gasteiger partial charge on any atom is -0.395 e. The summed E-state index contributed by atoms with van der Waals surface area (Å²) >= 11 is 0. The molecule has 11 heteroatoms. The molecule has 0 bridgehead atoms. The number of sulfonamides is 1. The zero-order valence-electron chi connectivity index (χ0n) is 16.9. The van der Waals surface area contributed by atoms with Gasteiger partial charge in [-0.15, -0.1) is 0 Å². The van der Waals surface area contributed by atoms with Crippen LogP contribution in [0.4, 0.5) is 19.0 Å². The average molecular weight is 466 g/mol. The van der Waals surface area contributed by atoms with Gasteiger partial charge in [-0.2, -0.15) is 4.31 Å². The van der Waals surface area contributed by atoms with E-state index in [1.807, 2.05) is 0 Å². The van der Waals surface area contributed by atoms with Crippen LogP contribution in [0.25, 0.3) is 11.0 Å². The van der Waals surface area contributed by atoms with Gasteiger partial charge in [0.1, 0.15) is 12.0 Å². The van der Waals surface area contributed by atoms with E-state index in [0.717, 1.165) is 16.4 Å². The number of halogens is 3. The van der Waals surface area contributed by atoms with Crippen molar-refractivity contribution in [3.05, 3.63) is 60.3 Å². The molecule has 4 rings (SSSR count). The van der Waals surface area contributed by atoms with Gasteiger partial charge in [-0.25, -0.2) is 26.6 Å². The fourth-order valence-corrected chi connectivity index (χ4v) is 5.55. The van der Waals surface area contributed by atoms with E-state index >= 15 is 4.39 Å².